The van der Waals surface area contributed by atoms with Gasteiger partial charge >= 0.3 is 10.2 Å². The first-order chi connectivity index (χ1) is 8.83. The summed E-state index contributed by atoms with van der Waals surface area (Å²) in [5, 5.41) is 1.60. The minimum absolute atomic E-state index is 0.0830. The highest BCUT2D eigenvalue weighted by atomic mass is 35.5. The van der Waals surface area contributed by atoms with Gasteiger partial charge < -0.3 is 5.32 Å². The number of rotatable bonds is 3. The monoisotopic (exact) mass is 339 g/mol. The van der Waals surface area contributed by atoms with E-state index in [1.165, 1.54) is 6.92 Å². The number of benzene rings is 1. The molecule has 1 N–H and O–H groups in total. The summed E-state index contributed by atoms with van der Waals surface area (Å²) in [7, 11) is -9.74. The molecular formula is C11H15ClF5NOS. The van der Waals surface area contributed by atoms with E-state index in [4.69, 9.17) is 11.6 Å². The van der Waals surface area contributed by atoms with E-state index in [1.54, 1.807) is 0 Å². The highest BCUT2D eigenvalue weighted by molar-refractivity contribution is 8.45. The molecule has 0 heterocycles. The second-order valence-corrected chi connectivity index (χ2v) is 6.33. The van der Waals surface area contributed by atoms with Crippen LogP contribution in [0.4, 0.5) is 25.1 Å². The van der Waals surface area contributed by atoms with Crippen molar-refractivity contribution in [1.29, 1.82) is 0 Å². The van der Waals surface area contributed by atoms with E-state index in [0.717, 1.165) is 0 Å². The third kappa shape index (κ3) is 5.54. The Morgan fingerprint density at radius 1 is 1.20 bits per heavy atom. The van der Waals surface area contributed by atoms with Gasteiger partial charge in [0.2, 0.25) is 5.91 Å². The molecule has 0 atom stereocenters. The number of carbonyl (C=O) groups excluding carboxylic acids is 1. The highest BCUT2D eigenvalue weighted by Crippen LogP contribution is 3.02. The highest BCUT2D eigenvalue weighted by Gasteiger charge is 2.65. The molecule has 0 unspecified atom stereocenters. The lowest BCUT2D eigenvalue weighted by Crippen LogP contribution is -2.11. The lowest BCUT2D eigenvalue weighted by molar-refractivity contribution is -0.115. The summed E-state index contributed by atoms with van der Waals surface area (Å²) in [6.45, 7) is 5.52. The maximum atomic E-state index is 12.4. The van der Waals surface area contributed by atoms with E-state index in [-0.39, 0.29) is 24.2 Å². The topological polar surface area (TPSA) is 29.1 Å². The summed E-state index contributed by atoms with van der Waals surface area (Å²) in [5.74, 6) is -0.489. The van der Waals surface area contributed by atoms with Crippen molar-refractivity contribution in [2.24, 2.45) is 0 Å². The van der Waals surface area contributed by atoms with Crippen LogP contribution in [0.5, 0.6) is 0 Å². The zero-order valence-electron chi connectivity index (χ0n) is 11.0. The van der Waals surface area contributed by atoms with Crippen molar-refractivity contribution in [3.63, 3.8) is 0 Å². The maximum absolute atomic E-state index is 12.4. The molecule has 0 bridgehead atoms. The zero-order chi connectivity index (χ0) is 16.3. The molecule has 118 valence electrons. The Kier molecular flexibility index (Phi) is 5.13. The standard InChI is InChI=1S/C9H9ClF5NOS.C2H6/c1-2-9(17)16-8-4-3-6(5-7(8)10)18(11,12,13,14)15;1-2/h3-5H,2H2,1H3,(H,16,17);1-2H3. The van der Waals surface area contributed by atoms with Gasteiger partial charge in [-0.15, -0.1) is 0 Å². The summed E-state index contributed by atoms with van der Waals surface area (Å²) in [5.41, 5.74) is -0.144. The Labute approximate surface area is 119 Å². The first-order valence-electron chi connectivity index (χ1n) is 5.67. The number of amides is 1. The molecule has 1 aromatic carbocycles. The molecule has 20 heavy (non-hydrogen) atoms. The van der Waals surface area contributed by atoms with E-state index < -0.39 is 26.0 Å². The Balaban J connectivity index is 0.00000172. The van der Waals surface area contributed by atoms with Crippen LogP contribution in [-0.2, 0) is 4.79 Å². The van der Waals surface area contributed by atoms with Crippen molar-refractivity contribution in [2.75, 3.05) is 5.32 Å². The van der Waals surface area contributed by atoms with E-state index in [2.05, 4.69) is 5.32 Å². The average molecular weight is 340 g/mol. The van der Waals surface area contributed by atoms with Gasteiger partial charge in [-0.1, -0.05) is 51.8 Å². The molecule has 1 aromatic rings. The first kappa shape index (κ1) is 19.0. The van der Waals surface area contributed by atoms with Crippen LogP contribution in [0.2, 0.25) is 5.02 Å². The molecule has 2 nitrogen and oxygen atoms in total. The number of hydrogen-bond donors (Lipinski definition) is 1. The lowest BCUT2D eigenvalue weighted by atomic mass is 10.3. The molecule has 0 saturated heterocycles. The molecule has 0 saturated carbocycles. The molecule has 0 aliphatic carbocycles. The van der Waals surface area contributed by atoms with Gasteiger partial charge in [-0.25, -0.2) is 0 Å². The molecule has 1 amide bonds. The van der Waals surface area contributed by atoms with Crippen LogP contribution in [0, 0.1) is 0 Å². The van der Waals surface area contributed by atoms with E-state index in [0.29, 0.717) is 6.07 Å². The fourth-order valence-electron chi connectivity index (χ4n) is 1.08. The molecule has 0 aliphatic rings. The van der Waals surface area contributed by atoms with Gasteiger partial charge in [-0.2, -0.15) is 0 Å². The third-order valence-corrected chi connectivity index (χ3v) is 3.44. The molecular weight excluding hydrogens is 325 g/mol. The lowest BCUT2D eigenvalue weighted by Gasteiger charge is -2.40. The van der Waals surface area contributed by atoms with Crippen LogP contribution in [0.1, 0.15) is 27.2 Å². The van der Waals surface area contributed by atoms with Crippen molar-refractivity contribution in [2.45, 2.75) is 32.1 Å². The molecule has 0 radical (unpaired) electrons. The second-order valence-electron chi connectivity index (χ2n) is 3.51. The fourth-order valence-corrected chi connectivity index (χ4v) is 2.03. The van der Waals surface area contributed by atoms with Crippen molar-refractivity contribution in [1.82, 2.24) is 0 Å². The molecule has 9 heteroatoms. The largest absolute Gasteiger partial charge is 0.325 e. The van der Waals surface area contributed by atoms with E-state index in [9.17, 15) is 24.2 Å². The fraction of sp³-hybridized carbons (Fsp3) is 0.364. The number of anilines is 1. The molecule has 0 fully saturated rings. The van der Waals surface area contributed by atoms with Gasteiger partial charge in [0, 0.05) is 6.42 Å². The summed E-state index contributed by atoms with van der Waals surface area (Å²) < 4.78 is 62.2. The zero-order valence-corrected chi connectivity index (χ0v) is 12.6. The van der Waals surface area contributed by atoms with Crippen molar-refractivity contribution < 1.29 is 24.2 Å². The number of hydrogen-bond acceptors (Lipinski definition) is 1. The Morgan fingerprint density at radius 3 is 2.05 bits per heavy atom. The number of nitrogens with one attached hydrogen (secondary N) is 1. The summed E-state index contributed by atoms with van der Waals surface area (Å²) >= 11 is 5.43. The number of halogens is 6. The van der Waals surface area contributed by atoms with Crippen LogP contribution < -0.4 is 5.32 Å². The molecule has 0 spiro atoms. The summed E-state index contributed by atoms with van der Waals surface area (Å²) in [6.07, 6.45) is 0.0830. The predicted octanol–water partition coefficient (Wildman–Crippen LogP) is 6.37. The van der Waals surface area contributed by atoms with E-state index in [1.807, 2.05) is 13.8 Å². The Bertz CT molecular complexity index is 503. The SMILES string of the molecule is CC.CCC(=O)Nc1ccc(S(F)(F)(F)(F)F)cc1Cl. The van der Waals surface area contributed by atoms with Crippen molar-refractivity contribution in [3.05, 3.63) is 23.2 Å². The minimum Gasteiger partial charge on any atom is -0.325 e. The van der Waals surface area contributed by atoms with Crippen LogP contribution in [-0.4, -0.2) is 5.91 Å². The number of carbonyl (C=O) groups is 1. The average Bonchev–Trinajstić information content (AvgIpc) is 2.31. The smallest absolute Gasteiger partial charge is 0.310 e. The maximum Gasteiger partial charge on any atom is 0.310 e. The van der Waals surface area contributed by atoms with Gasteiger partial charge in [0.1, 0.15) is 4.90 Å². The van der Waals surface area contributed by atoms with Crippen LogP contribution in [0.3, 0.4) is 0 Å². The quantitative estimate of drug-likeness (QED) is 0.637. The normalized spacial score (nSPS) is 14.4. The van der Waals surface area contributed by atoms with Crippen LogP contribution >= 0.6 is 21.8 Å². The van der Waals surface area contributed by atoms with Gasteiger partial charge in [-0.05, 0) is 18.2 Å². The van der Waals surface area contributed by atoms with Crippen LogP contribution in [0.25, 0.3) is 0 Å². The van der Waals surface area contributed by atoms with Crippen molar-refractivity contribution in [3.8, 4) is 0 Å². The summed E-state index contributed by atoms with van der Waals surface area (Å²) in [4.78, 5) is 8.92. The Hall–Kier alpha value is -1.02. The second kappa shape index (κ2) is 5.40. The van der Waals surface area contributed by atoms with Gasteiger partial charge in [0.25, 0.3) is 0 Å². The van der Waals surface area contributed by atoms with Gasteiger partial charge in [0.05, 0.1) is 10.7 Å². The Morgan fingerprint density at radius 2 is 1.70 bits per heavy atom. The summed E-state index contributed by atoms with van der Waals surface area (Å²) in [6, 6.07) is 0.996. The molecule has 0 aliphatic heterocycles. The van der Waals surface area contributed by atoms with Crippen molar-refractivity contribution >= 4 is 33.4 Å². The molecule has 0 aromatic heterocycles. The van der Waals surface area contributed by atoms with Gasteiger partial charge in [-0.3, -0.25) is 4.79 Å². The first-order valence-corrected chi connectivity index (χ1v) is 8.00. The van der Waals surface area contributed by atoms with Gasteiger partial charge in [0.15, 0.2) is 0 Å². The van der Waals surface area contributed by atoms with Crippen LogP contribution in [0.15, 0.2) is 23.1 Å². The van der Waals surface area contributed by atoms with E-state index >= 15 is 0 Å². The minimum atomic E-state index is -9.74. The molecule has 1 rings (SSSR count). The predicted molar refractivity (Wildman–Crippen MR) is 73.1 cm³/mol. The third-order valence-electron chi connectivity index (χ3n) is 1.98.